The van der Waals surface area contributed by atoms with Gasteiger partial charge in [0.2, 0.25) is 0 Å². The van der Waals surface area contributed by atoms with E-state index in [-0.39, 0.29) is 17.9 Å². The van der Waals surface area contributed by atoms with Gasteiger partial charge >= 0.3 is 0 Å². The Bertz CT molecular complexity index is 924. The predicted molar refractivity (Wildman–Crippen MR) is 114 cm³/mol. The maximum absolute atomic E-state index is 3.93. The number of anilines is 1. The van der Waals surface area contributed by atoms with Crippen LogP contribution in [0.2, 0.25) is 0 Å². The van der Waals surface area contributed by atoms with Crippen molar-refractivity contribution in [3.8, 4) is 5.69 Å². The van der Waals surface area contributed by atoms with Crippen LogP contribution < -0.4 is 5.32 Å². The minimum atomic E-state index is 0. The zero-order valence-electron chi connectivity index (χ0n) is 15.7. The summed E-state index contributed by atoms with van der Waals surface area (Å²) in [7, 11) is 0. The van der Waals surface area contributed by atoms with E-state index in [0.717, 1.165) is 32.5 Å². The van der Waals surface area contributed by atoms with Gasteiger partial charge in [0.1, 0.15) is 0 Å². The van der Waals surface area contributed by atoms with Crippen molar-refractivity contribution in [1.82, 2.24) is 9.47 Å². The molecule has 0 amide bonds. The largest absolute Gasteiger partial charge is 0.372 e. The third kappa shape index (κ3) is 3.15. The molecule has 1 aromatic heterocycles. The number of nitrogens with zero attached hydrogens (tertiary/aromatic N) is 2. The van der Waals surface area contributed by atoms with Crippen molar-refractivity contribution in [3.63, 3.8) is 0 Å². The molecule has 1 N–H and O–H groups in total. The summed E-state index contributed by atoms with van der Waals surface area (Å²) in [4.78, 5) is 2.58. The Morgan fingerprint density at radius 2 is 1.74 bits per heavy atom. The van der Waals surface area contributed by atoms with E-state index in [4.69, 9.17) is 0 Å². The van der Waals surface area contributed by atoms with Gasteiger partial charge < -0.3 is 9.88 Å². The molecule has 0 bridgehead atoms. The number of benzene rings is 2. The Hall–Kier alpha value is -2.23. The fraction of sp³-hybridized carbons (Fsp3) is 0.304. The van der Waals surface area contributed by atoms with Crippen LogP contribution >= 0.6 is 12.4 Å². The number of piperidine rings is 1. The summed E-state index contributed by atoms with van der Waals surface area (Å²) in [6.45, 7) is 5.46. The lowest BCUT2D eigenvalue weighted by Gasteiger charge is -2.46. The van der Waals surface area contributed by atoms with Crippen molar-refractivity contribution in [2.45, 2.75) is 31.8 Å². The third-order valence-corrected chi connectivity index (χ3v) is 5.98. The highest BCUT2D eigenvalue weighted by atomic mass is 35.5. The van der Waals surface area contributed by atoms with E-state index in [2.05, 4.69) is 88.6 Å². The van der Waals surface area contributed by atoms with Crippen molar-refractivity contribution in [2.75, 3.05) is 18.4 Å². The second kappa shape index (κ2) is 7.06. The van der Waals surface area contributed by atoms with Crippen molar-refractivity contribution >= 4 is 18.1 Å². The number of aromatic nitrogens is 1. The number of aryl methyl sites for hydroxylation is 1. The van der Waals surface area contributed by atoms with E-state index >= 15 is 0 Å². The summed E-state index contributed by atoms with van der Waals surface area (Å²) in [5, 5.41) is 3.93. The van der Waals surface area contributed by atoms with Gasteiger partial charge in [0.15, 0.2) is 0 Å². The lowest BCUT2D eigenvalue weighted by molar-refractivity contribution is 0.162. The molecule has 5 rings (SSSR count). The molecule has 0 aliphatic carbocycles. The first kappa shape index (κ1) is 18.1. The van der Waals surface area contributed by atoms with Crippen LogP contribution in [0.25, 0.3) is 5.69 Å². The van der Waals surface area contributed by atoms with Crippen LogP contribution in [0.4, 0.5) is 5.69 Å². The normalized spacial score (nSPS) is 17.5. The highest BCUT2D eigenvalue weighted by Gasteiger charge is 2.41. The second-order valence-electron chi connectivity index (χ2n) is 7.75. The first-order valence-corrected chi connectivity index (χ1v) is 9.57. The molecule has 3 aromatic rings. The Morgan fingerprint density at radius 1 is 0.963 bits per heavy atom. The lowest BCUT2D eigenvalue weighted by atomic mass is 9.82. The first-order chi connectivity index (χ1) is 12.7. The summed E-state index contributed by atoms with van der Waals surface area (Å²) >= 11 is 0. The fourth-order valence-electron chi connectivity index (χ4n) is 4.58. The number of fused-ring (bicyclic) bond motifs is 4. The molecule has 0 atom stereocenters. The van der Waals surface area contributed by atoms with Gasteiger partial charge in [0.05, 0.1) is 16.9 Å². The predicted octanol–water partition coefficient (Wildman–Crippen LogP) is 5.12. The topological polar surface area (TPSA) is 20.2 Å². The lowest BCUT2D eigenvalue weighted by Crippen LogP contribution is -2.49. The number of hydrogen-bond acceptors (Lipinski definition) is 2. The standard InChI is InChI=1S/C23H25N3.ClH/c1-18-9-10-21-20(16-18)24-23(22-8-5-13-26(21)22)11-14-25(15-12-23)17-19-6-3-2-4-7-19;/h2-10,13,16,24H,11-12,14-15,17H2,1H3;1H. The zero-order valence-corrected chi connectivity index (χ0v) is 16.5. The molecule has 27 heavy (non-hydrogen) atoms. The van der Waals surface area contributed by atoms with Gasteiger partial charge in [-0.05, 0) is 55.2 Å². The smallest absolute Gasteiger partial charge is 0.0804 e. The molecule has 1 spiro atoms. The van der Waals surface area contributed by atoms with Crippen molar-refractivity contribution < 1.29 is 0 Å². The molecular weight excluding hydrogens is 354 g/mol. The minimum Gasteiger partial charge on any atom is -0.372 e. The highest BCUT2D eigenvalue weighted by molar-refractivity contribution is 5.85. The van der Waals surface area contributed by atoms with E-state index in [9.17, 15) is 0 Å². The van der Waals surface area contributed by atoms with E-state index in [1.54, 1.807) is 0 Å². The number of halogens is 1. The van der Waals surface area contributed by atoms with E-state index in [1.807, 2.05) is 0 Å². The molecule has 0 saturated carbocycles. The van der Waals surface area contributed by atoms with Crippen LogP contribution in [0.1, 0.15) is 29.7 Å². The molecule has 140 valence electrons. The monoisotopic (exact) mass is 379 g/mol. The van der Waals surface area contributed by atoms with Crippen LogP contribution in [0.3, 0.4) is 0 Å². The van der Waals surface area contributed by atoms with Gasteiger partial charge in [0, 0.05) is 31.5 Å². The van der Waals surface area contributed by atoms with Crippen LogP contribution in [-0.4, -0.2) is 22.6 Å². The Labute approximate surface area is 167 Å². The number of likely N-dealkylation sites (tertiary alicyclic amines) is 1. The van der Waals surface area contributed by atoms with Gasteiger partial charge in [0.25, 0.3) is 0 Å². The van der Waals surface area contributed by atoms with Crippen LogP contribution in [0.5, 0.6) is 0 Å². The fourth-order valence-corrected chi connectivity index (χ4v) is 4.58. The molecule has 1 saturated heterocycles. The third-order valence-electron chi connectivity index (χ3n) is 5.98. The quantitative estimate of drug-likeness (QED) is 0.666. The molecule has 0 radical (unpaired) electrons. The van der Waals surface area contributed by atoms with Crippen molar-refractivity contribution in [2.24, 2.45) is 0 Å². The Morgan fingerprint density at radius 3 is 2.52 bits per heavy atom. The van der Waals surface area contributed by atoms with Crippen LogP contribution in [0, 0.1) is 6.92 Å². The summed E-state index contributed by atoms with van der Waals surface area (Å²) in [6, 6.07) is 22.0. The molecule has 4 heteroatoms. The average Bonchev–Trinajstić information content (AvgIpc) is 3.15. The zero-order chi connectivity index (χ0) is 17.6. The van der Waals surface area contributed by atoms with E-state index in [1.165, 1.54) is 28.2 Å². The van der Waals surface area contributed by atoms with Crippen LogP contribution in [-0.2, 0) is 12.1 Å². The van der Waals surface area contributed by atoms with E-state index < -0.39 is 0 Å². The molecular formula is C23H26ClN3. The Balaban J connectivity index is 0.00000180. The average molecular weight is 380 g/mol. The van der Waals surface area contributed by atoms with Crippen molar-refractivity contribution in [1.29, 1.82) is 0 Å². The van der Waals surface area contributed by atoms with Gasteiger partial charge in [-0.2, -0.15) is 0 Å². The molecule has 0 unspecified atom stereocenters. The highest BCUT2D eigenvalue weighted by Crippen LogP contribution is 2.43. The van der Waals surface area contributed by atoms with E-state index in [0.29, 0.717) is 0 Å². The molecule has 1 fully saturated rings. The minimum absolute atomic E-state index is 0. The van der Waals surface area contributed by atoms with Gasteiger partial charge in [-0.3, -0.25) is 4.90 Å². The summed E-state index contributed by atoms with van der Waals surface area (Å²) in [6.07, 6.45) is 4.48. The molecule has 2 aromatic carbocycles. The Kier molecular flexibility index (Phi) is 4.75. The maximum atomic E-state index is 3.93. The SMILES string of the molecule is Cc1ccc2c(c1)NC1(CCN(Cc3ccccc3)CC1)c1cccn1-2.Cl. The number of nitrogens with one attached hydrogen (secondary N) is 1. The molecule has 2 aliphatic heterocycles. The molecule has 2 aliphatic rings. The van der Waals surface area contributed by atoms with Gasteiger partial charge in [-0.15, -0.1) is 12.4 Å². The number of hydrogen-bond donors (Lipinski definition) is 1. The molecule has 3 nitrogen and oxygen atoms in total. The summed E-state index contributed by atoms with van der Waals surface area (Å²) in [5.41, 5.74) is 6.72. The summed E-state index contributed by atoms with van der Waals surface area (Å²) < 4.78 is 2.39. The number of rotatable bonds is 2. The second-order valence-corrected chi connectivity index (χ2v) is 7.75. The van der Waals surface area contributed by atoms with Crippen LogP contribution in [0.15, 0.2) is 66.9 Å². The maximum Gasteiger partial charge on any atom is 0.0804 e. The molecule has 3 heterocycles. The van der Waals surface area contributed by atoms with Crippen molar-refractivity contribution in [3.05, 3.63) is 83.7 Å². The van der Waals surface area contributed by atoms with Gasteiger partial charge in [-0.25, -0.2) is 0 Å². The first-order valence-electron chi connectivity index (χ1n) is 9.57. The summed E-state index contributed by atoms with van der Waals surface area (Å²) in [5.74, 6) is 0. The van der Waals surface area contributed by atoms with Gasteiger partial charge in [-0.1, -0.05) is 36.4 Å².